The summed E-state index contributed by atoms with van der Waals surface area (Å²) in [5, 5.41) is 1.09. The minimum absolute atomic E-state index is 0.00718. The molecule has 3 heterocycles. The monoisotopic (exact) mass is 337 g/mol. The molecule has 0 atom stereocenters. The Hall–Kier alpha value is -2.53. The second kappa shape index (κ2) is 6.08. The minimum Gasteiger partial charge on any atom is -0.469 e. The molecule has 1 aliphatic heterocycles. The number of aryl methyl sites for hydroxylation is 1. The SMILES string of the molecule is Cc1occc1C(=O)c1ccc2c(c1)c(C1CCN(C)CC1)cn2N. The van der Waals surface area contributed by atoms with E-state index in [-0.39, 0.29) is 5.78 Å². The van der Waals surface area contributed by atoms with Crippen LogP contribution < -0.4 is 5.84 Å². The minimum atomic E-state index is -0.00718. The molecule has 2 N–H and O–H groups in total. The molecule has 1 fully saturated rings. The molecule has 0 amide bonds. The number of piperidine rings is 1. The topological polar surface area (TPSA) is 64.4 Å². The van der Waals surface area contributed by atoms with E-state index in [9.17, 15) is 4.79 Å². The molecule has 130 valence electrons. The van der Waals surface area contributed by atoms with Gasteiger partial charge in [0.05, 0.1) is 17.3 Å². The van der Waals surface area contributed by atoms with Gasteiger partial charge < -0.3 is 15.2 Å². The standard InChI is InChI=1S/C20H23N3O2/c1-13-16(7-10-25-13)20(24)15-3-4-19-17(11-15)18(12-23(19)21)14-5-8-22(2)9-6-14/h3-4,7,10-12,14H,5-6,8-9,21H2,1-2H3. The highest BCUT2D eigenvalue weighted by atomic mass is 16.3. The zero-order valence-corrected chi connectivity index (χ0v) is 14.7. The lowest BCUT2D eigenvalue weighted by molar-refractivity contribution is 0.103. The number of ketones is 1. The molecular formula is C20H23N3O2. The first-order chi connectivity index (χ1) is 12.0. The molecule has 0 bridgehead atoms. The number of furan rings is 1. The molecule has 2 aromatic heterocycles. The Bertz CT molecular complexity index is 930. The predicted octanol–water partition coefficient (Wildman–Crippen LogP) is 3.30. The van der Waals surface area contributed by atoms with E-state index in [4.69, 9.17) is 10.3 Å². The van der Waals surface area contributed by atoms with Crippen LogP contribution in [-0.4, -0.2) is 35.5 Å². The summed E-state index contributed by atoms with van der Waals surface area (Å²) >= 11 is 0. The quantitative estimate of drug-likeness (QED) is 0.588. The van der Waals surface area contributed by atoms with E-state index in [1.165, 1.54) is 5.56 Å². The van der Waals surface area contributed by atoms with Gasteiger partial charge in [0.15, 0.2) is 5.78 Å². The van der Waals surface area contributed by atoms with Crippen molar-refractivity contribution in [2.45, 2.75) is 25.7 Å². The Morgan fingerprint density at radius 2 is 2.00 bits per heavy atom. The van der Waals surface area contributed by atoms with E-state index >= 15 is 0 Å². The van der Waals surface area contributed by atoms with E-state index < -0.39 is 0 Å². The van der Waals surface area contributed by atoms with Gasteiger partial charge >= 0.3 is 0 Å². The highest BCUT2D eigenvalue weighted by Gasteiger charge is 2.23. The number of benzene rings is 1. The van der Waals surface area contributed by atoms with Crippen LogP contribution in [0.25, 0.3) is 10.9 Å². The number of rotatable bonds is 3. The number of hydrogen-bond acceptors (Lipinski definition) is 4. The van der Waals surface area contributed by atoms with Crippen molar-refractivity contribution < 1.29 is 9.21 Å². The highest BCUT2D eigenvalue weighted by molar-refractivity contribution is 6.11. The molecule has 3 aromatic rings. The molecule has 1 aliphatic rings. The second-order valence-corrected chi connectivity index (χ2v) is 7.02. The lowest BCUT2D eigenvalue weighted by Crippen LogP contribution is -2.29. The van der Waals surface area contributed by atoms with E-state index in [0.717, 1.165) is 36.8 Å². The predicted molar refractivity (Wildman–Crippen MR) is 98.4 cm³/mol. The maximum absolute atomic E-state index is 12.8. The molecule has 1 aromatic carbocycles. The Kier molecular flexibility index (Phi) is 3.88. The van der Waals surface area contributed by atoms with Crippen molar-refractivity contribution in [1.82, 2.24) is 9.58 Å². The number of aromatic nitrogens is 1. The number of nitrogens with zero attached hydrogens (tertiary/aromatic N) is 2. The van der Waals surface area contributed by atoms with Gasteiger partial charge in [0.2, 0.25) is 0 Å². The highest BCUT2D eigenvalue weighted by Crippen LogP contribution is 2.34. The van der Waals surface area contributed by atoms with Crippen LogP contribution in [0.15, 0.2) is 41.1 Å². The summed E-state index contributed by atoms with van der Waals surface area (Å²) in [6.07, 6.45) is 5.82. The molecule has 0 saturated carbocycles. The van der Waals surface area contributed by atoms with E-state index in [1.807, 2.05) is 31.3 Å². The van der Waals surface area contributed by atoms with Gasteiger partial charge in [0.1, 0.15) is 5.76 Å². The Balaban J connectivity index is 1.75. The lowest BCUT2D eigenvalue weighted by Gasteiger charge is -2.28. The van der Waals surface area contributed by atoms with Gasteiger partial charge in [-0.25, -0.2) is 0 Å². The van der Waals surface area contributed by atoms with Gasteiger partial charge in [-0.3, -0.25) is 9.47 Å². The van der Waals surface area contributed by atoms with E-state index in [0.29, 0.717) is 22.8 Å². The maximum atomic E-state index is 12.8. The van der Waals surface area contributed by atoms with Crippen LogP contribution in [0.1, 0.15) is 46.0 Å². The Labute approximate surface area is 147 Å². The third-order valence-electron chi connectivity index (χ3n) is 5.39. The third kappa shape index (κ3) is 2.74. The van der Waals surface area contributed by atoms with Crippen LogP contribution in [0.4, 0.5) is 0 Å². The van der Waals surface area contributed by atoms with Gasteiger partial charge in [-0.2, -0.15) is 0 Å². The fraction of sp³-hybridized carbons (Fsp3) is 0.350. The van der Waals surface area contributed by atoms with Gasteiger partial charge in [-0.15, -0.1) is 0 Å². The smallest absolute Gasteiger partial charge is 0.196 e. The van der Waals surface area contributed by atoms with Crippen LogP contribution in [0.2, 0.25) is 0 Å². The van der Waals surface area contributed by atoms with Crippen molar-refractivity contribution in [3.05, 3.63) is 59.2 Å². The van der Waals surface area contributed by atoms with Crippen molar-refractivity contribution in [2.24, 2.45) is 0 Å². The first-order valence-corrected chi connectivity index (χ1v) is 8.72. The number of nitrogen functional groups attached to an aromatic ring is 1. The average Bonchev–Trinajstić information content (AvgIpc) is 3.18. The number of carbonyl (C=O) groups excluding carboxylic acids is 1. The molecule has 0 spiro atoms. The molecule has 25 heavy (non-hydrogen) atoms. The number of fused-ring (bicyclic) bond motifs is 1. The van der Waals surface area contributed by atoms with Gasteiger partial charge in [0, 0.05) is 17.1 Å². The summed E-state index contributed by atoms with van der Waals surface area (Å²) in [4.78, 5) is 15.2. The van der Waals surface area contributed by atoms with Crippen LogP contribution in [0.3, 0.4) is 0 Å². The Morgan fingerprint density at radius 1 is 1.24 bits per heavy atom. The van der Waals surface area contributed by atoms with Crippen molar-refractivity contribution in [3.8, 4) is 0 Å². The van der Waals surface area contributed by atoms with Gasteiger partial charge in [0.25, 0.3) is 0 Å². The Morgan fingerprint density at radius 3 is 2.68 bits per heavy atom. The van der Waals surface area contributed by atoms with Crippen molar-refractivity contribution in [3.63, 3.8) is 0 Å². The molecule has 0 radical (unpaired) electrons. The van der Waals surface area contributed by atoms with Gasteiger partial charge in [-0.1, -0.05) is 0 Å². The third-order valence-corrected chi connectivity index (χ3v) is 5.39. The first-order valence-electron chi connectivity index (χ1n) is 8.72. The summed E-state index contributed by atoms with van der Waals surface area (Å²) in [5.41, 5.74) is 3.52. The van der Waals surface area contributed by atoms with Crippen LogP contribution >= 0.6 is 0 Å². The summed E-state index contributed by atoms with van der Waals surface area (Å²) in [7, 11) is 2.16. The first kappa shape index (κ1) is 16.0. The molecular weight excluding hydrogens is 314 g/mol. The molecule has 0 unspecified atom stereocenters. The number of hydrogen-bond donors (Lipinski definition) is 1. The summed E-state index contributed by atoms with van der Waals surface area (Å²) in [5.74, 6) is 7.30. The summed E-state index contributed by atoms with van der Waals surface area (Å²) in [6.45, 7) is 4.00. The normalized spacial score (nSPS) is 16.6. The fourth-order valence-electron chi connectivity index (χ4n) is 3.84. The number of nitrogens with two attached hydrogens (primary N) is 1. The van der Waals surface area contributed by atoms with Gasteiger partial charge in [-0.05, 0) is 75.6 Å². The van der Waals surface area contributed by atoms with Crippen molar-refractivity contribution in [2.75, 3.05) is 26.0 Å². The lowest BCUT2D eigenvalue weighted by atomic mass is 9.88. The zero-order chi connectivity index (χ0) is 17.6. The molecule has 4 rings (SSSR count). The maximum Gasteiger partial charge on any atom is 0.196 e. The van der Waals surface area contributed by atoms with Crippen LogP contribution in [0, 0.1) is 6.92 Å². The van der Waals surface area contributed by atoms with Crippen molar-refractivity contribution in [1.29, 1.82) is 0 Å². The number of carbonyl (C=O) groups is 1. The number of likely N-dealkylation sites (tertiary alicyclic amines) is 1. The average molecular weight is 337 g/mol. The summed E-state index contributed by atoms with van der Waals surface area (Å²) in [6, 6.07) is 7.50. The fourth-order valence-corrected chi connectivity index (χ4v) is 3.84. The van der Waals surface area contributed by atoms with E-state index in [1.54, 1.807) is 17.0 Å². The van der Waals surface area contributed by atoms with Crippen molar-refractivity contribution >= 4 is 16.7 Å². The second-order valence-electron chi connectivity index (χ2n) is 7.02. The molecule has 1 saturated heterocycles. The van der Waals surface area contributed by atoms with Crippen LogP contribution in [-0.2, 0) is 0 Å². The molecule has 5 nitrogen and oxygen atoms in total. The zero-order valence-electron chi connectivity index (χ0n) is 14.7. The van der Waals surface area contributed by atoms with E-state index in [2.05, 4.69) is 11.9 Å². The largest absolute Gasteiger partial charge is 0.469 e. The van der Waals surface area contributed by atoms with Crippen LogP contribution in [0.5, 0.6) is 0 Å². The molecule has 0 aliphatic carbocycles. The summed E-state index contributed by atoms with van der Waals surface area (Å²) < 4.78 is 6.96. The molecule has 5 heteroatoms.